The molecule has 2 aromatic rings. The molecule has 0 saturated heterocycles. The molecule has 0 spiro atoms. The molecule has 98 valence electrons. The molecule has 0 unspecified atom stereocenters. The van der Waals surface area contributed by atoms with Gasteiger partial charge in [0.05, 0.1) is 12.7 Å². The van der Waals surface area contributed by atoms with E-state index in [0.29, 0.717) is 17.9 Å². The molecule has 0 aliphatic heterocycles. The van der Waals surface area contributed by atoms with Crippen molar-refractivity contribution in [2.45, 2.75) is 0 Å². The zero-order valence-corrected chi connectivity index (χ0v) is 9.91. The maximum Gasteiger partial charge on any atom is 0.161 e. The number of methoxy groups -OCH3 is 1. The Kier molecular flexibility index (Phi) is 3.55. The van der Waals surface area contributed by atoms with Gasteiger partial charge in [0, 0.05) is 11.6 Å². The Balaban J connectivity index is 2.59. The van der Waals surface area contributed by atoms with Crippen LogP contribution in [0, 0.1) is 17.5 Å². The van der Waals surface area contributed by atoms with Crippen LogP contribution in [0.4, 0.5) is 13.2 Å². The molecule has 0 aliphatic rings. The maximum absolute atomic E-state index is 13.6. The number of hydrogen-bond donors (Lipinski definition) is 0. The Labute approximate surface area is 107 Å². The third kappa shape index (κ3) is 2.45. The van der Waals surface area contributed by atoms with Gasteiger partial charge in [0.25, 0.3) is 0 Å². The monoisotopic (exact) mass is 266 g/mol. The number of aldehydes is 1. The van der Waals surface area contributed by atoms with E-state index in [4.69, 9.17) is 4.74 Å². The van der Waals surface area contributed by atoms with Gasteiger partial charge in [0.15, 0.2) is 17.9 Å². The fourth-order valence-electron chi connectivity index (χ4n) is 1.72. The van der Waals surface area contributed by atoms with E-state index in [-0.39, 0.29) is 16.9 Å². The molecule has 0 heterocycles. The number of carbonyl (C=O) groups excluding carboxylic acids is 1. The summed E-state index contributed by atoms with van der Waals surface area (Å²) in [6, 6.07) is 5.48. The van der Waals surface area contributed by atoms with Crippen LogP contribution in [0.5, 0.6) is 5.75 Å². The van der Waals surface area contributed by atoms with E-state index in [1.165, 1.54) is 25.3 Å². The highest BCUT2D eigenvalue weighted by Gasteiger charge is 2.13. The number of hydrogen-bond acceptors (Lipinski definition) is 2. The molecule has 0 radical (unpaired) electrons. The molecule has 0 atom stereocenters. The lowest BCUT2D eigenvalue weighted by Crippen LogP contribution is -1.94. The standard InChI is InChI=1S/C14H9F3O2/c1-19-14-4-8(2-3-9(14)7-18)10-5-12(16)13(17)6-11(10)15/h2-7H,1H3. The van der Waals surface area contributed by atoms with Crippen LogP contribution in [0.3, 0.4) is 0 Å². The van der Waals surface area contributed by atoms with Gasteiger partial charge >= 0.3 is 0 Å². The number of carbonyl (C=O) groups is 1. The smallest absolute Gasteiger partial charge is 0.161 e. The SMILES string of the molecule is COc1cc(-c2cc(F)c(F)cc2F)ccc1C=O. The van der Waals surface area contributed by atoms with Crippen molar-refractivity contribution < 1.29 is 22.7 Å². The first kappa shape index (κ1) is 13.1. The van der Waals surface area contributed by atoms with Crippen molar-refractivity contribution >= 4 is 6.29 Å². The van der Waals surface area contributed by atoms with Crippen LogP contribution in [0.15, 0.2) is 30.3 Å². The lowest BCUT2D eigenvalue weighted by molar-refractivity contribution is 0.112. The molecular weight excluding hydrogens is 257 g/mol. The Morgan fingerprint density at radius 2 is 1.68 bits per heavy atom. The number of ether oxygens (including phenoxy) is 1. The summed E-state index contributed by atoms with van der Waals surface area (Å²) >= 11 is 0. The summed E-state index contributed by atoms with van der Waals surface area (Å²) in [7, 11) is 1.35. The van der Waals surface area contributed by atoms with Gasteiger partial charge in [-0.2, -0.15) is 0 Å². The lowest BCUT2D eigenvalue weighted by atomic mass is 10.0. The third-order valence-corrected chi connectivity index (χ3v) is 2.68. The van der Waals surface area contributed by atoms with E-state index in [1.54, 1.807) is 0 Å². The molecule has 0 fully saturated rings. The Morgan fingerprint density at radius 3 is 2.32 bits per heavy atom. The molecule has 2 nitrogen and oxygen atoms in total. The summed E-state index contributed by atoms with van der Waals surface area (Å²) in [5.41, 5.74) is 0.475. The topological polar surface area (TPSA) is 26.3 Å². The summed E-state index contributed by atoms with van der Waals surface area (Å²) in [6.07, 6.45) is 0.588. The van der Waals surface area contributed by atoms with Crippen molar-refractivity contribution in [3.8, 4) is 16.9 Å². The first-order valence-electron chi connectivity index (χ1n) is 5.35. The van der Waals surface area contributed by atoms with Crippen molar-refractivity contribution in [3.05, 3.63) is 53.3 Å². The van der Waals surface area contributed by atoms with Crippen LogP contribution >= 0.6 is 0 Å². The zero-order valence-electron chi connectivity index (χ0n) is 9.91. The molecule has 5 heteroatoms. The average molecular weight is 266 g/mol. The number of halogens is 3. The quantitative estimate of drug-likeness (QED) is 0.627. The van der Waals surface area contributed by atoms with Crippen molar-refractivity contribution in [1.29, 1.82) is 0 Å². The van der Waals surface area contributed by atoms with Crippen molar-refractivity contribution in [1.82, 2.24) is 0 Å². The minimum atomic E-state index is -1.25. The fourth-order valence-corrected chi connectivity index (χ4v) is 1.72. The largest absolute Gasteiger partial charge is 0.496 e. The molecule has 2 aromatic carbocycles. The second kappa shape index (κ2) is 5.14. The van der Waals surface area contributed by atoms with Gasteiger partial charge in [-0.25, -0.2) is 13.2 Å². The summed E-state index contributed by atoms with van der Waals surface area (Å²) in [6.45, 7) is 0. The molecule has 0 N–H and O–H groups in total. The molecular formula is C14H9F3O2. The Hall–Kier alpha value is -2.30. The minimum Gasteiger partial charge on any atom is -0.496 e. The predicted molar refractivity (Wildman–Crippen MR) is 63.7 cm³/mol. The second-order valence-electron chi connectivity index (χ2n) is 3.82. The van der Waals surface area contributed by atoms with Crippen LogP contribution < -0.4 is 4.74 Å². The van der Waals surface area contributed by atoms with E-state index in [9.17, 15) is 18.0 Å². The van der Waals surface area contributed by atoms with E-state index in [1.807, 2.05) is 0 Å². The van der Waals surface area contributed by atoms with E-state index < -0.39 is 17.5 Å². The van der Waals surface area contributed by atoms with Crippen molar-refractivity contribution in [2.24, 2.45) is 0 Å². The molecule has 0 aliphatic carbocycles. The van der Waals surface area contributed by atoms with Gasteiger partial charge in [0.2, 0.25) is 0 Å². The summed E-state index contributed by atoms with van der Waals surface area (Å²) < 4.78 is 44.6. The third-order valence-electron chi connectivity index (χ3n) is 2.68. The molecule has 0 aromatic heterocycles. The van der Waals surface area contributed by atoms with Crippen LogP contribution in [-0.2, 0) is 0 Å². The highest BCUT2D eigenvalue weighted by atomic mass is 19.2. The fraction of sp³-hybridized carbons (Fsp3) is 0.0714. The first-order chi connectivity index (χ1) is 9.06. The van der Waals surface area contributed by atoms with Crippen molar-refractivity contribution in [2.75, 3.05) is 7.11 Å². The van der Waals surface area contributed by atoms with E-state index in [0.717, 1.165) is 6.07 Å². The van der Waals surface area contributed by atoms with Crippen molar-refractivity contribution in [3.63, 3.8) is 0 Å². The van der Waals surface area contributed by atoms with E-state index in [2.05, 4.69) is 0 Å². The normalized spacial score (nSPS) is 10.3. The zero-order chi connectivity index (χ0) is 14.0. The van der Waals surface area contributed by atoms with Crippen LogP contribution in [-0.4, -0.2) is 13.4 Å². The van der Waals surface area contributed by atoms with Gasteiger partial charge in [0.1, 0.15) is 11.6 Å². The van der Waals surface area contributed by atoms with Gasteiger partial charge < -0.3 is 4.74 Å². The van der Waals surface area contributed by atoms with Crippen LogP contribution in [0.1, 0.15) is 10.4 Å². The molecule has 2 rings (SSSR count). The minimum absolute atomic E-state index is 0.102. The predicted octanol–water partition coefficient (Wildman–Crippen LogP) is 3.59. The Morgan fingerprint density at radius 1 is 1.00 bits per heavy atom. The van der Waals surface area contributed by atoms with Gasteiger partial charge in [-0.3, -0.25) is 4.79 Å². The summed E-state index contributed by atoms with van der Waals surface area (Å²) in [5.74, 6) is -3.05. The lowest BCUT2D eigenvalue weighted by Gasteiger charge is -2.08. The summed E-state index contributed by atoms with van der Waals surface area (Å²) in [5, 5.41) is 0. The molecule has 0 saturated carbocycles. The van der Waals surface area contributed by atoms with Gasteiger partial charge in [-0.1, -0.05) is 6.07 Å². The van der Waals surface area contributed by atoms with Crippen LogP contribution in [0.2, 0.25) is 0 Å². The van der Waals surface area contributed by atoms with Crippen LogP contribution in [0.25, 0.3) is 11.1 Å². The average Bonchev–Trinajstić information content (AvgIpc) is 2.42. The first-order valence-corrected chi connectivity index (χ1v) is 5.35. The Bertz CT molecular complexity index is 639. The molecule has 19 heavy (non-hydrogen) atoms. The molecule has 0 amide bonds. The summed E-state index contributed by atoms with van der Waals surface area (Å²) in [4.78, 5) is 10.7. The maximum atomic E-state index is 13.6. The second-order valence-corrected chi connectivity index (χ2v) is 3.82. The van der Waals surface area contributed by atoms with Gasteiger partial charge in [-0.15, -0.1) is 0 Å². The highest BCUT2D eigenvalue weighted by Crippen LogP contribution is 2.29. The van der Waals surface area contributed by atoms with E-state index >= 15 is 0 Å². The molecule has 0 bridgehead atoms. The number of benzene rings is 2. The van der Waals surface area contributed by atoms with Gasteiger partial charge in [-0.05, 0) is 23.8 Å². The number of rotatable bonds is 3. The highest BCUT2D eigenvalue weighted by molar-refractivity contribution is 5.82.